The molecule has 0 aliphatic rings. The first-order valence-electron chi connectivity index (χ1n) is 28.4. The van der Waals surface area contributed by atoms with Crippen molar-refractivity contribution in [3.63, 3.8) is 0 Å². The fourth-order valence-electron chi connectivity index (χ4n) is 7.67. The van der Waals surface area contributed by atoms with Gasteiger partial charge in [0.2, 0.25) is 0 Å². The zero-order valence-electron chi connectivity index (χ0n) is 50.2. The third-order valence-electron chi connectivity index (χ3n) is 11.8. The number of nitrogens with two attached hydrogens (primary N) is 2. The molecular formula is C67H92BrF5N6O5. The van der Waals surface area contributed by atoms with E-state index in [9.17, 15) is 22.0 Å². The average molecular weight is 1240 g/mol. The van der Waals surface area contributed by atoms with Gasteiger partial charge in [0.1, 0.15) is 95.2 Å². The van der Waals surface area contributed by atoms with Gasteiger partial charge in [-0.15, -0.1) is 0 Å². The fraction of sp³-hybridized carbons (Fsp3) is 0.433. The summed E-state index contributed by atoms with van der Waals surface area (Å²) in [6.07, 6.45) is 12.9. The molecule has 0 saturated carbocycles. The number of amidine groups is 1. The molecule has 7 N–H and O–H groups in total. The van der Waals surface area contributed by atoms with Gasteiger partial charge in [0, 0.05) is 35.8 Å². The Hall–Kier alpha value is -7.01. The first-order chi connectivity index (χ1) is 40.3. The smallest absolute Gasteiger partial charge is 0.133 e. The minimum atomic E-state index is -0.479. The van der Waals surface area contributed by atoms with Crippen molar-refractivity contribution < 1.29 is 45.6 Å². The molecule has 462 valence electrons. The summed E-state index contributed by atoms with van der Waals surface area (Å²) in [5, 5.41) is 22.2. The summed E-state index contributed by atoms with van der Waals surface area (Å²) >= 11 is 3.41. The predicted octanol–water partition coefficient (Wildman–Crippen LogP) is 17.0. The van der Waals surface area contributed by atoms with Gasteiger partial charge in [-0.05, 0) is 202 Å². The maximum absolute atomic E-state index is 12.0. The fourth-order valence-corrected chi connectivity index (χ4v) is 8.21. The molecule has 2 unspecified atom stereocenters. The zero-order chi connectivity index (χ0) is 62.3. The number of hydrogen-bond donors (Lipinski definition) is 5. The minimum absolute atomic E-state index is 0.0882. The van der Waals surface area contributed by atoms with E-state index in [-0.39, 0.29) is 33.0 Å². The largest absolute Gasteiger partial charge is 0.491 e. The first kappa shape index (κ1) is 75.0. The lowest BCUT2D eigenvalue weighted by atomic mass is 9.95. The number of ether oxygens (including phenoxy) is 5. The third-order valence-corrected chi connectivity index (χ3v) is 12.4. The van der Waals surface area contributed by atoms with Crippen LogP contribution < -0.4 is 35.2 Å². The number of rotatable bonds is 34. The maximum Gasteiger partial charge on any atom is 0.133 e. The van der Waals surface area contributed by atoms with Gasteiger partial charge in [0.15, 0.2) is 0 Å². The van der Waals surface area contributed by atoms with Crippen molar-refractivity contribution in [2.24, 2.45) is 22.4 Å². The van der Waals surface area contributed by atoms with Crippen molar-refractivity contribution in [1.82, 2.24) is 0 Å². The number of hydrogen-bond acceptors (Lipinski definition) is 10. The second-order valence-electron chi connectivity index (χ2n) is 19.9. The van der Waals surface area contributed by atoms with E-state index in [1.54, 1.807) is 6.92 Å². The van der Waals surface area contributed by atoms with Crippen LogP contribution in [-0.2, 0) is 19.3 Å². The molecule has 2 atom stereocenters. The van der Waals surface area contributed by atoms with Crippen molar-refractivity contribution in [3.8, 4) is 28.7 Å². The standard InChI is InChI=1S/2C14H20FNO.C13H17BrFNO.C13H19FN2O.C13H16FNO/c1-11(9-12(2)16)10-13-3-5-14(6-4-13)17-8-7-15;1-11(3-4-12(2)16)13-5-7-14(8-6-13)17-10-9-15;1-10(16)3-2-4-11-5-6-13(12(14)9-11)17-8-7-15;1-11(15)16-9-2-3-12-4-6-13(7-5-12)17-10-8-14;1-11(15)3-2-4-12-5-7-13(8-6-12)16-10-9-14/h3-6,11,16H,7-10H2,1-2H3;5-8,11,16H,3-4,9-10H2,1-2H3;5-6,9,16H,2-4,7-8H2,1H3;4-7H,2-3,8-10H2,1H3,(H2,15,16);2,4-8H,1,3,9-10,15H2/b;;;;4-2+. The maximum atomic E-state index is 12.0. The lowest BCUT2D eigenvalue weighted by Crippen LogP contribution is -2.06. The molecule has 5 rings (SSSR count). The summed E-state index contributed by atoms with van der Waals surface area (Å²) in [5.41, 5.74) is 19.6. The van der Waals surface area contributed by atoms with E-state index < -0.39 is 33.4 Å². The highest BCUT2D eigenvalue weighted by atomic mass is 79.9. The van der Waals surface area contributed by atoms with Crippen LogP contribution in [0.25, 0.3) is 6.08 Å². The van der Waals surface area contributed by atoms with E-state index in [4.69, 9.17) is 51.4 Å². The van der Waals surface area contributed by atoms with E-state index in [1.165, 1.54) is 22.3 Å². The monoisotopic (exact) mass is 1230 g/mol. The van der Waals surface area contributed by atoms with Crippen LogP contribution in [0.5, 0.6) is 28.7 Å². The molecule has 84 heavy (non-hydrogen) atoms. The highest BCUT2D eigenvalue weighted by Crippen LogP contribution is 2.27. The van der Waals surface area contributed by atoms with Gasteiger partial charge in [0.25, 0.3) is 0 Å². The van der Waals surface area contributed by atoms with Crippen molar-refractivity contribution in [2.45, 2.75) is 112 Å². The summed E-state index contributed by atoms with van der Waals surface area (Å²) in [4.78, 5) is 4.13. The number of nitrogens with zero attached hydrogens (tertiary/aromatic N) is 1. The van der Waals surface area contributed by atoms with Crippen LogP contribution in [0.15, 0.2) is 143 Å². The van der Waals surface area contributed by atoms with Crippen molar-refractivity contribution in [1.29, 1.82) is 16.2 Å². The van der Waals surface area contributed by atoms with Crippen molar-refractivity contribution in [3.05, 3.63) is 166 Å². The molecule has 0 spiro atoms. The zero-order valence-corrected chi connectivity index (χ0v) is 51.8. The van der Waals surface area contributed by atoms with Gasteiger partial charge < -0.3 is 51.4 Å². The predicted molar refractivity (Wildman–Crippen MR) is 343 cm³/mol. The minimum Gasteiger partial charge on any atom is -0.491 e. The molecule has 0 amide bonds. The molecule has 0 saturated heterocycles. The number of halogens is 6. The number of aryl methyl sites for hydroxylation is 2. The van der Waals surface area contributed by atoms with Gasteiger partial charge in [-0.3, -0.25) is 4.99 Å². The molecule has 0 aliphatic carbocycles. The van der Waals surface area contributed by atoms with E-state index in [2.05, 4.69) is 41.3 Å². The molecule has 17 heteroatoms. The van der Waals surface area contributed by atoms with Gasteiger partial charge in [0.05, 0.1) is 10.3 Å². The van der Waals surface area contributed by atoms with Crippen LogP contribution >= 0.6 is 15.9 Å². The van der Waals surface area contributed by atoms with Crippen LogP contribution in [0.1, 0.15) is 120 Å². The quantitative estimate of drug-likeness (QED) is 0.0118. The van der Waals surface area contributed by atoms with Gasteiger partial charge in [-0.25, -0.2) is 22.0 Å². The Kier molecular flexibility index (Phi) is 42.3. The van der Waals surface area contributed by atoms with Gasteiger partial charge >= 0.3 is 0 Å². The molecule has 0 radical (unpaired) electrons. The van der Waals surface area contributed by atoms with E-state index in [0.717, 1.165) is 85.8 Å². The van der Waals surface area contributed by atoms with E-state index >= 15 is 0 Å². The van der Waals surface area contributed by atoms with Crippen LogP contribution in [-0.4, -0.2) is 95.9 Å². The molecule has 0 aliphatic heterocycles. The summed E-state index contributed by atoms with van der Waals surface area (Å²) in [5.74, 6) is 5.02. The number of aliphatic imine (C=N–C) groups is 1. The molecule has 0 aromatic heterocycles. The van der Waals surface area contributed by atoms with Crippen LogP contribution in [0.2, 0.25) is 0 Å². The van der Waals surface area contributed by atoms with Crippen molar-refractivity contribution >= 4 is 45.0 Å². The second-order valence-corrected chi connectivity index (χ2v) is 20.8. The first-order valence-corrected chi connectivity index (χ1v) is 29.2. The number of alkyl halides is 5. The Morgan fingerprint density at radius 3 is 1.45 bits per heavy atom. The molecule has 0 bridgehead atoms. The third kappa shape index (κ3) is 39.5. The van der Waals surface area contributed by atoms with Crippen LogP contribution in [0.4, 0.5) is 22.0 Å². The number of allylic oxidation sites excluding steroid dienone is 1. The molecular weight excluding hydrogens is 1140 g/mol. The summed E-state index contributed by atoms with van der Waals surface area (Å²) in [7, 11) is 0. The molecule has 11 nitrogen and oxygen atoms in total. The highest BCUT2D eigenvalue weighted by Gasteiger charge is 2.08. The van der Waals surface area contributed by atoms with E-state index in [1.807, 2.05) is 148 Å². The SMILES string of the molecule is C=C(N)C/C=C/c1ccc(OCCF)cc1.CC(=N)CC(C)Cc1ccc(OCCF)cc1.CC(=N)CCC(C)c1ccc(OCCF)cc1.CC(=N)CCCc1ccc(OCCF)c(Br)c1.CC(N)=NCCCc1ccc(OCCF)cc1. The lowest BCUT2D eigenvalue weighted by molar-refractivity contribution is 0.272. The summed E-state index contributed by atoms with van der Waals surface area (Å²) < 4.78 is 86.2. The molecule has 5 aromatic rings. The summed E-state index contributed by atoms with van der Waals surface area (Å²) in [6.45, 7) is 14.1. The Morgan fingerprint density at radius 1 is 0.571 bits per heavy atom. The van der Waals surface area contributed by atoms with Gasteiger partial charge in [-0.2, -0.15) is 0 Å². The number of nitrogens with one attached hydrogen (secondary N) is 3. The highest BCUT2D eigenvalue weighted by molar-refractivity contribution is 9.10. The molecule has 5 aromatic carbocycles. The molecule has 0 fully saturated rings. The topological polar surface area (TPSA) is 182 Å². The second kappa shape index (κ2) is 47.4. The average Bonchev–Trinajstić information content (AvgIpc) is 3.62. The van der Waals surface area contributed by atoms with Gasteiger partial charge in [-0.1, -0.05) is 87.2 Å². The Balaban J connectivity index is 0.000000525. The van der Waals surface area contributed by atoms with Crippen LogP contribution in [0, 0.1) is 22.1 Å². The number of benzene rings is 5. The lowest BCUT2D eigenvalue weighted by Gasteiger charge is -2.12. The molecule has 0 heterocycles. The normalized spacial score (nSPS) is 11.4. The Morgan fingerprint density at radius 2 is 1.01 bits per heavy atom. The Labute approximate surface area is 506 Å². The summed E-state index contributed by atoms with van der Waals surface area (Å²) in [6, 6.07) is 36.5. The van der Waals surface area contributed by atoms with E-state index in [0.29, 0.717) is 64.2 Å². The van der Waals surface area contributed by atoms with Crippen molar-refractivity contribution in [2.75, 3.05) is 73.0 Å². The Bertz CT molecular complexity index is 2620. The van der Waals surface area contributed by atoms with Crippen LogP contribution in [0.3, 0.4) is 0 Å².